The number of rotatable bonds is 4. The van der Waals surface area contributed by atoms with E-state index in [-0.39, 0.29) is 17.2 Å². The average Bonchev–Trinajstić information content (AvgIpc) is 2.61. The van der Waals surface area contributed by atoms with Crippen molar-refractivity contribution in [2.24, 2.45) is 0 Å². The summed E-state index contributed by atoms with van der Waals surface area (Å²) >= 11 is 0. The van der Waals surface area contributed by atoms with E-state index in [0.29, 0.717) is 29.4 Å². The van der Waals surface area contributed by atoms with Crippen LogP contribution in [0.25, 0.3) is 11.3 Å². The summed E-state index contributed by atoms with van der Waals surface area (Å²) in [6.45, 7) is 3.77. The molecule has 1 aromatic heterocycles. The predicted octanol–water partition coefficient (Wildman–Crippen LogP) is 5.23. The van der Waals surface area contributed by atoms with Gasteiger partial charge in [0.15, 0.2) is 0 Å². The molecular formula is C21H19F3N2O2. The molecule has 2 aromatic carbocycles. The Morgan fingerprint density at radius 1 is 1.00 bits per heavy atom. The number of halogens is 3. The van der Waals surface area contributed by atoms with Crippen molar-refractivity contribution in [1.29, 1.82) is 0 Å². The Balaban J connectivity index is 1.85. The van der Waals surface area contributed by atoms with Crippen molar-refractivity contribution in [3.05, 3.63) is 70.9 Å². The number of aromatic nitrogens is 2. The van der Waals surface area contributed by atoms with Crippen molar-refractivity contribution in [2.45, 2.75) is 32.4 Å². The highest BCUT2D eigenvalue weighted by Gasteiger charge is 2.31. The number of benzene rings is 2. The van der Waals surface area contributed by atoms with E-state index < -0.39 is 17.5 Å². The molecule has 0 saturated carbocycles. The van der Waals surface area contributed by atoms with Gasteiger partial charge in [0.2, 0.25) is 0 Å². The molecule has 0 saturated heterocycles. The second kappa shape index (κ2) is 7.50. The van der Waals surface area contributed by atoms with E-state index in [9.17, 15) is 23.4 Å². The first-order chi connectivity index (χ1) is 13.1. The summed E-state index contributed by atoms with van der Waals surface area (Å²) in [6, 6.07) is 11.6. The van der Waals surface area contributed by atoms with Crippen LogP contribution >= 0.6 is 0 Å². The summed E-state index contributed by atoms with van der Waals surface area (Å²) < 4.78 is 38.3. The summed E-state index contributed by atoms with van der Waals surface area (Å²) in [6.07, 6.45) is -3.95. The lowest BCUT2D eigenvalue weighted by Gasteiger charge is -2.14. The van der Waals surface area contributed by atoms with Gasteiger partial charge < -0.3 is 10.2 Å². The Hall–Kier alpha value is -3.09. The van der Waals surface area contributed by atoms with Gasteiger partial charge in [-0.1, -0.05) is 19.1 Å². The van der Waals surface area contributed by atoms with E-state index >= 15 is 0 Å². The van der Waals surface area contributed by atoms with Gasteiger partial charge in [-0.15, -0.1) is 5.10 Å². The summed E-state index contributed by atoms with van der Waals surface area (Å²) in [5.74, 6) is -0.209. The maximum Gasteiger partial charge on any atom is 0.416 e. The van der Waals surface area contributed by atoms with Gasteiger partial charge in [-0.25, -0.2) is 0 Å². The molecular weight excluding hydrogens is 369 g/mol. The molecule has 7 heteroatoms. The molecule has 0 fully saturated rings. The predicted molar refractivity (Wildman–Crippen MR) is 99.1 cm³/mol. The summed E-state index contributed by atoms with van der Waals surface area (Å²) in [4.78, 5) is 0. The molecule has 0 aliphatic heterocycles. The molecule has 0 aliphatic carbocycles. The van der Waals surface area contributed by atoms with E-state index in [4.69, 9.17) is 0 Å². The highest BCUT2D eigenvalue weighted by atomic mass is 19.4. The van der Waals surface area contributed by atoms with Gasteiger partial charge in [0.05, 0.1) is 17.0 Å². The van der Waals surface area contributed by atoms with Crippen molar-refractivity contribution >= 4 is 0 Å². The maximum atomic E-state index is 12.8. The summed E-state index contributed by atoms with van der Waals surface area (Å²) in [7, 11) is 0. The van der Waals surface area contributed by atoms with Crippen LogP contribution in [0.2, 0.25) is 0 Å². The quantitative estimate of drug-likeness (QED) is 0.642. The van der Waals surface area contributed by atoms with Crippen LogP contribution < -0.4 is 0 Å². The Morgan fingerprint density at radius 3 is 2.36 bits per heavy atom. The van der Waals surface area contributed by atoms with Crippen molar-refractivity contribution in [3.8, 4) is 22.8 Å². The zero-order valence-electron chi connectivity index (χ0n) is 15.3. The molecule has 0 unspecified atom stereocenters. The van der Waals surface area contributed by atoms with Crippen LogP contribution in [-0.2, 0) is 12.6 Å². The van der Waals surface area contributed by atoms with Crippen molar-refractivity contribution in [1.82, 2.24) is 10.2 Å². The van der Waals surface area contributed by atoms with Gasteiger partial charge >= 0.3 is 6.18 Å². The van der Waals surface area contributed by atoms with Crippen LogP contribution in [0.15, 0.2) is 48.5 Å². The highest BCUT2D eigenvalue weighted by Crippen LogP contribution is 2.36. The lowest BCUT2D eigenvalue weighted by atomic mass is 9.95. The molecule has 0 amide bonds. The van der Waals surface area contributed by atoms with Crippen molar-refractivity contribution in [2.75, 3.05) is 0 Å². The number of phenols is 2. The Bertz CT molecular complexity index is 1000. The molecule has 3 rings (SSSR count). The third-order valence-corrected chi connectivity index (χ3v) is 4.57. The van der Waals surface area contributed by atoms with Crippen LogP contribution in [0.3, 0.4) is 0 Å². The third kappa shape index (κ3) is 4.24. The summed E-state index contributed by atoms with van der Waals surface area (Å²) in [5.41, 5.74) is 1.98. The van der Waals surface area contributed by atoms with E-state index in [0.717, 1.165) is 11.6 Å². The Labute approximate surface area is 160 Å². The molecule has 1 atom stereocenters. The van der Waals surface area contributed by atoms with Crippen LogP contribution in [0.1, 0.15) is 35.2 Å². The van der Waals surface area contributed by atoms with Crippen molar-refractivity contribution < 1.29 is 23.4 Å². The number of hydrogen-bond acceptors (Lipinski definition) is 4. The van der Waals surface area contributed by atoms with Crippen LogP contribution in [-0.4, -0.2) is 20.4 Å². The standard InChI is InChI=1S/C21H19F3N2O2/c1-12(14-4-3-5-17(27)10-14)8-16-9-13(2)20(26-25-16)18-7-6-15(11-19(18)28)21(22,23)24/h3-7,9-12,27-28H,8H2,1-2H3/t12-/m0/s1. The molecule has 0 bridgehead atoms. The van der Waals surface area contributed by atoms with Gasteiger partial charge in [-0.3, -0.25) is 0 Å². The normalized spacial score (nSPS) is 12.8. The minimum atomic E-state index is -4.53. The fourth-order valence-corrected chi connectivity index (χ4v) is 3.08. The largest absolute Gasteiger partial charge is 0.508 e. The van der Waals surface area contributed by atoms with Crippen LogP contribution in [0, 0.1) is 6.92 Å². The molecule has 1 heterocycles. The molecule has 146 valence electrons. The minimum absolute atomic E-state index is 0.0890. The number of hydrogen-bond donors (Lipinski definition) is 2. The molecule has 3 aromatic rings. The lowest BCUT2D eigenvalue weighted by molar-refractivity contribution is -0.137. The van der Waals surface area contributed by atoms with Gasteiger partial charge in [0.25, 0.3) is 0 Å². The summed E-state index contributed by atoms with van der Waals surface area (Å²) in [5, 5.41) is 27.9. The number of aromatic hydroxyl groups is 2. The average molecular weight is 388 g/mol. The van der Waals surface area contributed by atoms with Crippen LogP contribution in [0.4, 0.5) is 13.2 Å². The molecule has 0 radical (unpaired) electrons. The topological polar surface area (TPSA) is 66.2 Å². The lowest BCUT2D eigenvalue weighted by Crippen LogP contribution is -2.05. The molecule has 2 N–H and O–H groups in total. The van der Waals surface area contributed by atoms with Gasteiger partial charge in [-0.05, 0) is 66.8 Å². The first-order valence-electron chi connectivity index (χ1n) is 8.68. The number of alkyl halides is 3. The second-order valence-electron chi connectivity index (χ2n) is 6.80. The zero-order valence-corrected chi connectivity index (χ0v) is 15.3. The zero-order chi connectivity index (χ0) is 20.5. The van der Waals surface area contributed by atoms with E-state index in [1.807, 2.05) is 13.0 Å². The number of nitrogens with zero attached hydrogens (tertiary/aromatic N) is 2. The molecule has 0 aliphatic rings. The van der Waals surface area contributed by atoms with Gasteiger partial charge in [-0.2, -0.15) is 18.3 Å². The number of aryl methyl sites for hydroxylation is 1. The van der Waals surface area contributed by atoms with Crippen molar-refractivity contribution in [3.63, 3.8) is 0 Å². The van der Waals surface area contributed by atoms with Crippen LogP contribution in [0.5, 0.6) is 11.5 Å². The van der Waals surface area contributed by atoms with E-state index in [1.165, 1.54) is 6.07 Å². The van der Waals surface area contributed by atoms with Gasteiger partial charge in [0.1, 0.15) is 11.5 Å². The first kappa shape index (κ1) is 19.7. The maximum absolute atomic E-state index is 12.8. The van der Waals surface area contributed by atoms with E-state index in [1.54, 1.807) is 31.2 Å². The SMILES string of the molecule is Cc1cc(C[C@H](C)c2cccc(O)c2)nnc1-c1ccc(C(F)(F)F)cc1O. The third-order valence-electron chi connectivity index (χ3n) is 4.57. The fourth-order valence-electron chi connectivity index (χ4n) is 3.08. The molecule has 0 spiro atoms. The van der Waals surface area contributed by atoms with Gasteiger partial charge in [0, 0.05) is 5.56 Å². The fraction of sp³-hybridized carbons (Fsp3) is 0.238. The highest BCUT2D eigenvalue weighted by molar-refractivity contribution is 5.69. The Kier molecular flexibility index (Phi) is 5.27. The van der Waals surface area contributed by atoms with E-state index in [2.05, 4.69) is 10.2 Å². The minimum Gasteiger partial charge on any atom is -0.508 e. The smallest absolute Gasteiger partial charge is 0.416 e. The first-order valence-corrected chi connectivity index (χ1v) is 8.68. The second-order valence-corrected chi connectivity index (χ2v) is 6.80. The Morgan fingerprint density at radius 2 is 1.75 bits per heavy atom. The molecule has 4 nitrogen and oxygen atoms in total. The monoisotopic (exact) mass is 388 g/mol. The molecule has 28 heavy (non-hydrogen) atoms. The number of phenolic OH excluding ortho intramolecular Hbond substituents is 2.